The van der Waals surface area contributed by atoms with Crippen molar-refractivity contribution in [2.45, 2.75) is 26.4 Å². The van der Waals surface area contributed by atoms with Gasteiger partial charge in [-0.2, -0.15) is 4.37 Å². The van der Waals surface area contributed by atoms with Gasteiger partial charge >= 0.3 is 12.1 Å². The van der Waals surface area contributed by atoms with Crippen molar-refractivity contribution in [1.29, 1.82) is 0 Å². The molecule has 6 aromatic rings. The molecule has 3 aromatic heterocycles. The van der Waals surface area contributed by atoms with Crippen LogP contribution in [-0.4, -0.2) is 21.5 Å². The van der Waals surface area contributed by atoms with Gasteiger partial charge in [0.1, 0.15) is 6.10 Å². The highest BCUT2D eigenvalue weighted by atomic mass is 32.1. The van der Waals surface area contributed by atoms with Crippen LogP contribution in [0.25, 0.3) is 40.4 Å². The van der Waals surface area contributed by atoms with Gasteiger partial charge in [-0.3, -0.25) is 10.1 Å². The fourth-order valence-corrected chi connectivity index (χ4v) is 8.12. The SMILES string of the molecule is Cc1nsc(-c2cc3sc(-c4ccc(CC(=O)O)c5ccccc45)cc3s2)c1NC(=O)O[C@H](C)c1ccccc1. The lowest BCUT2D eigenvalue weighted by molar-refractivity contribution is -0.136. The quantitative estimate of drug-likeness (QED) is 0.195. The normalized spacial score (nSPS) is 12.1. The summed E-state index contributed by atoms with van der Waals surface area (Å²) in [5.41, 5.74) is 4.24. The van der Waals surface area contributed by atoms with E-state index in [2.05, 4.69) is 21.8 Å². The molecule has 0 aliphatic rings. The predicted molar refractivity (Wildman–Crippen MR) is 165 cm³/mol. The number of anilines is 1. The molecule has 6 rings (SSSR count). The monoisotopic (exact) mass is 584 g/mol. The number of aromatic nitrogens is 1. The van der Waals surface area contributed by atoms with Crippen LogP contribution in [0.2, 0.25) is 0 Å². The van der Waals surface area contributed by atoms with E-state index in [0.717, 1.165) is 57.2 Å². The average Bonchev–Trinajstić information content (AvgIpc) is 3.62. The first-order valence-electron chi connectivity index (χ1n) is 12.6. The number of aryl methyl sites for hydroxylation is 1. The third kappa shape index (κ3) is 5.11. The second kappa shape index (κ2) is 10.8. The average molecular weight is 585 g/mol. The Morgan fingerprint density at radius 1 is 0.925 bits per heavy atom. The summed E-state index contributed by atoms with van der Waals surface area (Å²) in [7, 11) is 0. The number of aliphatic carboxylic acids is 1. The number of benzene rings is 3. The van der Waals surface area contributed by atoms with Gasteiger partial charge in [-0.25, -0.2) is 4.79 Å². The molecule has 0 aliphatic heterocycles. The van der Waals surface area contributed by atoms with Crippen LogP contribution in [0.1, 0.15) is 29.8 Å². The number of fused-ring (bicyclic) bond motifs is 2. The van der Waals surface area contributed by atoms with Crippen molar-refractivity contribution in [3.63, 3.8) is 0 Å². The first-order valence-corrected chi connectivity index (χ1v) is 15.0. The van der Waals surface area contributed by atoms with Crippen LogP contribution in [0.5, 0.6) is 0 Å². The number of ether oxygens (including phenoxy) is 1. The highest BCUT2D eigenvalue weighted by Gasteiger charge is 2.21. The van der Waals surface area contributed by atoms with Gasteiger partial charge < -0.3 is 9.84 Å². The van der Waals surface area contributed by atoms with Crippen LogP contribution in [0.3, 0.4) is 0 Å². The van der Waals surface area contributed by atoms with Gasteiger partial charge in [0.15, 0.2) is 0 Å². The zero-order valence-corrected chi connectivity index (χ0v) is 24.1. The fourth-order valence-electron chi connectivity index (χ4n) is 4.74. The van der Waals surface area contributed by atoms with E-state index in [1.165, 1.54) is 11.5 Å². The van der Waals surface area contributed by atoms with Gasteiger partial charge in [-0.15, -0.1) is 22.7 Å². The third-order valence-electron chi connectivity index (χ3n) is 6.69. The highest BCUT2D eigenvalue weighted by Crippen LogP contribution is 2.46. The Balaban J connectivity index is 1.27. The van der Waals surface area contributed by atoms with Crippen LogP contribution in [0.15, 0.2) is 78.9 Å². The van der Waals surface area contributed by atoms with Gasteiger partial charge in [0.2, 0.25) is 0 Å². The maximum absolute atomic E-state index is 12.8. The molecule has 2 N–H and O–H groups in total. The zero-order chi connectivity index (χ0) is 27.8. The van der Waals surface area contributed by atoms with E-state index in [1.54, 1.807) is 22.7 Å². The number of hydrogen-bond acceptors (Lipinski definition) is 7. The lowest BCUT2D eigenvalue weighted by atomic mass is 9.97. The van der Waals surface area contributed by atoms with Crippen LogP contribution >= 0.6 is 34.2 Å². The Morgan fingerprint density at radius 2 is 1.60 bits per heavy atom. The largest absolute Gasteiger partial charge is 0.481 e. The standard InChI is InChI=1S/C31H24N2O4S3/c1-17-29(32-31(36)37-18(2)19-8-4-3-5-9-19)30(40-33-17)27-16-26-25(39-27)15-24(38-26)23-13-12-20(14-28(34)35)21-10-6-7-11-22(21)23/h3-13,15-16,18H,14H2,1-2H3,(H,32,36)(H,34,35)/t18-/m1/s1. The van der Waals surface area contributed by atoms with Crippen LogP contribution in [0.4, 0.5) is 10.5 Å². The topological polar surface area (TPSA) is 88.5 Å². The van der Waals surface area contributed by atoms with Gasteiger partial charge in [0.25, 0.3) is 0 Å². The molecule has 9 heteroatoms. The number of rotatable bonds is 7. The van der Waals surface area contributed by atoms with Crippen molar-refractivity contribution in [3.8, 4) is 20.2 Å². The molecule has 3 aromatic carbocycles. The Labute approximate surface area is 242 Å². The minimum absolute atomic E-state index is 0.00692. The molecule has 6 nitrogen and oxygen atoms in total. The van der Waals surface area contributed by atoms with Gasteiger partial charge in [-0.05, 0) is 65.0 Å². The second-order valence-corrected chi connectivity index (χ2v) is 12.3. The Bertz CT molecular complexity index is 1840. The molecule has 40 heavy (non-hydrogen) atoms. The number of carboxylic acids is 1. The van der Waals surface area contributed by atoms with Crippen molar-refractivity contribution in [2.24, 2.45) is 0 Å². The lowest BCUT2D eigenvalue weighted by Gasteiger charge is -2.14. The molecular formula is C31H24N2O4S3. The van der Waals surface area contributed by atoms with Gasteiger partial charge in [0, 0.05) is 14.3 Å². The van der Waals surface area contributed by atoms with E-state index >= 15 is 0 Å². The molecule has 0 unspecified atom stereocenters. The molecule has 200 valence electrons. The smallest absolute Gasteiger partial charge is 0.412 e. The van der Waals surface area contributed by atoms with E-state index in [1.807, 2.05) is 80.6 Å². The van der Waals surface area contributed by atoms with E-state index in [9.17, 15) is 14.7 Å². The minimum Gasteiger partial charge on any atom is -0.481 e. The molecule has 0 bridgehead atoms. The summed E-state index contributed by atoms with van der Waals surface area (Å²) in [6, 6.07) is 25.9. The first kappa shape index (κ1) is 26.2. The molecule has 0 aliphatic carbocycles. The zero-order valence-electron chi connectivity index (χ0n) is 21.6. The molecule has 0 radical (unpaired) electrons. The van der Waals surface area contributed by atoms with Gasteiger partial charge in [-0.1, -0.05) is 66.7 Å². The number of carbonyl (C=O) groups excluding carboxylic acids is 1. The van der Waals surface area contributed by atoms with E-state index in [0.29, 0.717) is 5.69 Å². The minimum atomic E-state index is -0.840. The second-order valence-electron chi connectivity index (χ2n) is 9.39. The summed E-state index contributed by atoms with van der Waals surface area (Å²) in [6.45, 7) is 3.73. The fraction of sp³-hybridized carbons (Fsp3) is 0.129. The van der Waals surface area contributed by atoms with Crippen LogP contribution < -0.4 is 5.32 Å². The molecular weight excluding hydrogens is 561 g/mol. The van der Waals surface area contributed by atoms with Crippen molar-refractivity contribution in [1.82, 2.24) is 4.37 Å². The Kier molecular flexibility index (Phi) is 7.10. The van der Waals surface area contributed by atoms with Crippen molar-refractivity contribution < 1.29 is 19.4 Å². The molecule has 0 spiro atoms. The summed E-state index contributed by atoms with van der Waals surface area (Å²) in [4.78, 5) is 27.2. The summed E-state index contributed by atoms with van der Waals surface area (Å²) < 4.78 is 12.4. The summed E-state index contributed by atoms with van der Waals surface area (Å²) in [5, 5.41) is 14.3. The number of carbonyl (C=O) groups is 2. The number of nitrogens with zero attached hydrogens (tertiary/aromatic N) is 1. The number of carboxylic acid groups (broad SMARTS) is 1. The third-order valence-corrected chi connectivity index (χ3v) is 10.1. The molecule has 1 amide bonds. The highest BCUT2D eigenvalue weighted by molar-refractivity contribution is 7.32. The van der Waals surface area contributed by atoms with Crippen molar-refractivity contribution in [2.75, 3.05) is 5.32 Å². The first-order chi connectivity index (χ1) is 19.4. The Morgan fingerprint density at radius 3 is 2.35 bits per heavy atom. The van der Waals surface area contributed by atoms with Crippen LogP contribution in [0, 0.1) is 6.92 Å². The van der Waals surface area contributed by atoms with Crippen molar-refractivity contribution >= 4 is 72.1 Å². The molecule has 0 saturated carbocycles. The summed E-state index contributed by atoms with van der Waals surface area (Å²) in [5.74, 6) is -0.840. The number of thiophene rings is 2. The molecule has 0 fully saturated rings. The van der Waals surface area contributed by atoms with Crippen molar-refractivity contribution in [3.05, 3.63) is 95.7 Å². The van der Waals surface area contributed by atoms with Gasteiger partial charge in [0.05, 0.1) is 27.6 Å². The number of amides is 1. The molecule has 3 heterocycles. The maximum Gasteiger partial charge on any atom is 0.412 e. The Hall–Kier alpha value is -4.05. The van der Waals surface area contributed by atoms with E-state index in [-0.39, 0.29) is 12.5 Å². The van der Waals surface area contributed by atoms with E-state index in [4.69, 9.17) is 4.74 Å². The molecule has 0 saturated heterocycles. The molecule has 1 atom stereocenters. The summed E-state index contributed by atoms with van der Waals surface area (Å²) in [6.07, 6.45) is -0.899. The maximum atomic E-state index is 12.8. The number of hydrogen-bond donors (Lipinski definition) is 2. The lowest BCUT2D eigenvalue weighted by Crippen LogP contribution is -2.16. The van der Waals surface area contributed by atoms with Crippen LogP contribution in [-0.2, 0) is 16.0 Å². The number of nitrogens with one attached hydrogen (secondary N) is 1. The summed E-state index contributed by atoms with van der Waals surface area (Å²) >= 11 is 4.72. The predicted octanol–water partition coefficient (Wildman–Crippen LogP) is 9.15. The van der Waals surface area contributed by atoms with E-state index < -0.39 is 12.1 Å².